The molecule has 2 aromatic rings. The van der Waals surface area contributed by atoms with Crippen molar-refractivity contribution in [3.05, 3.63) is 30.3 Å². The van der Waals surface area contributed by atoms with Gasteiger partial charge in [0.25, 0.3) is 5.91 Å². The van der Waals surface area contributed by atoms with E-state index in [-0.39, 0.29) is 6.61 Å². The largest absolute Gasteiger partial charge is 0.388 e. The number of nitrogens with one attached hydrogen (secondary N) is 1. The molecule has 1 amide bonds. The summed E-state index contributed by atoms with van der Waals surface area (Å²) in [5.74, 6) is 0.465. The third kappa shape index (κ3) is 2.71. The number of pyridine rings is 1. The summed E-state index contributed by atoms with van der Waals surface area (Å²) in [7, 11) is 0. The molecule has 0 radical (unpaired) electrons. The number of carbonyl (C=O) groups is 1. The molecule has 2 fully saturated rings. The first-order chi connectivity index (χ1) is 11.6. The first-order valence-corrected chi connectivity index (χ1v) is 8.06. The summed E-state index contributed by atoms with van der Waals surface area (Å²) in [4.78, 5) is 19.0. The van der Waals surface area contributed by atoms with Gasteiger partial charge in [-0.1, -0.05) is 6.07 Å². The number of benzene rings is 1. The van der Waals surface area contributed by atoms with Gasteiger partial charge in [0.1, 0.15) is 18.0 Å². The fourth-order valence-electron chi connectivity index (χ4n) is 2.95. The zero-order chi connectivity index (χ0) is 16.7. The van der Waals surface area contributed by atoms with E-state index in [1.54, 1.807) is 12.1 Å². The van der Waals surface area contributed by atoms with Crippen LogP contribution in [0.2, 0.25) is 0 Å². The molecule has 2 aliphatic heterocycles. The third-order valence-electron chi connectivity index (χ3n) is 4.53. The van der Waals surface area contributed by atoms with Crippen molar-refractivity contribution in [1.29, 1.82) is 0 Å². The lowest BCUT2D eigenvalue weighted by atomic mass is 10.1. The SMILES string of the molecule is O=C(Nc1ccc2ccc(N3CCC3)nc2c1)C1OCC(O)C1O. The molecule has 0 saturated carbocycles. The molecule has 1 aromatic carbocycles. The molecule has 3 heterocycles. The molecule has 126 valence electrons. The average molecular weight is 329 g/mol. The number of fused-ring (bicyclic) bond motifs is 1. The van der Waals surface area contributed by atoms with Crippen molar-refractivity contribution in [2.75, 3.05) is 29.9 Å². The van der Waals surface area contributed by atoms with Crippen molar-refractivity contribution < 1.29 is 19.7 Å². The van der Waals surface area contributed by atoms with Gasteiger partial charge in [-0.15, -0.1) is 0 Å². The van der Waals surface area contributed by atoms with Gasteiger partial charge in [0, 0.05) is 24.2 Å². The number of hydrogen-bond donors (Lipinski definition) is 3. The zero-order valence-electron chi connectivity index (χ0n) is 13.1. The van der Waals surface area contributed by atoms with Gasteiger partial charge in [-0.25, -0.2) is 4.98 Å². The average Bonchev–Trinajstić information content (AvgIpc) is 2.85. The van der Waals surface area contributed by atoms with Crippen molar-refractivity contribution in [2.45, 2.75) is 24.7 Å². The predicted octanol–water partition coefficient (Wildman–Crippen LogP) is 0.504. The van der Waals surface area contributed by atoms with E-state index in [1.165, 1.54) is 6.42 Å². The molecule has 0 spiro atoms. The highest BCUT2D eigenvalue weighted by molar-refractivity contribution is 5.96. The van der Waals surface area contributed by atoms with Gasteiger partial charge in [-0.2, -0.15) is 0 Å². The van der Waals surface area contributed by atoms with Gasteiger partial charge in [0.15, 0.2) is 6.10 Å². The minimum Gasteiger partial charge on any atom is -0.388 e. The standard InChI is InChI=1S/C17H19N3O4/c21-13-9-24-16(15(13)22)17(23)18-11-4-2-10-3-5-14(19-12(10)8-11)20-6-1-7-20/h2-5,8,13,15-16,21-22H,1,6-7,9H2,(H,18,23). The minimum atomic E-state index is -1.21. The van der Waals surface area contributed by atoms with E-state index in [4.69, 9.17) is 4.74 Å². The molecular formula is C17H19N3O4. The Morgan fingerprint density at radius 1 is 1.25 bits per heavy atom. The van der Waals surface area contributed by atoms with Gasteiger partial charge in [0.05, 0.1) is 12.1 Å². The van der Waals surface area contributed by atoms with Crippen molar-refractivity contribution in [1.82, 2.24) is 4.98 Å². The van der Waals surface area contributed by atoms with E-state index in [0.29, 0.717) is 5.69 Å². The van der Waals surface area contributed by atoms with Crippen molar-refractivity contribution in [3.8, 4) is 0 Å². The number of amides is 1. The minimum absolute atomic E-state index is 0.0439. The Morgan fingerprint density at radius 3 is 2.71 bits per heavy atom. The van der Waals surface area contributed by atoms with E-state index < -0.39 is 24.2 Å². The second-order valence-electron chi connectivity index (χ2n) is 6.22. The van der Waals surface area contributed by atoms with Crippen LogP contribution in [0.25, 0.3) is 10.9 Å². The Hall–Kier alpha value is -2.22. The molecule has 24 heavy (non-hydrogen) atoms. The molecule has 0 aliphatic carbocycles. The second kappa shape index (κ2) is 6.01. The number of aliphatic hydroxyl groups excluding tert-OH is 2. The molecule has 7 nitrogen and oxygen atoms in total. The van der Waals surface area contributed by atoms with Crippen LogP contribution in [0, 0.1) is 0 Å². The second-order valence-corrected chi connectivity index (χ2v) is 6.22. The fourth-order valence-corrected chi connectivity index (χ4v) is 2.95. The number of ether oxygens (including phenoxy) is 1. The van der Waals surface area contributed by atoms with Crippen LogP contribution in [0.3, 0.4) is 0 Å². The lowest BCUT2D eigenvalue weighted by molar-refractivity contribution is -0.128. The molecule has 7 heteroatoms. The number of rotatable bonds is 3. The van der Waals surface area contributed by atoms with Crippen LogP contribution < -0.4 is 10.2 Å². The van der Waals surface area contributed by atoms with E-state index in [9.17, 15) is 15.0 Å². The van der Waals surface area contributed by atoms with Gasteiger partial charge >= 0.3 is 0 Å². The Kier molecular flexibility index (Phi) is 3.84. The molecule has 3 atom stereocenters. The van der Waals surface area contributed by atoms with Crippen molar-refractivity contribution in [3.63, 3.8) is 0 Å². The summed E-state index contributed by atoms with van der Waals surface area (Å²) in [6.45, 7) is 2.00. The molecule has 1 aromatic heterocycles. The maximum absolute atomic E-state index is 12.2. The summed E-state index contributed by atoms with van der Waals surface area (Å²) in [5, 5.41) is 22.9. The monoisotopic (exact) mass is 329 g/mol. The maximum Gasteiger partial charge on any atom is 0.256 e. The van der Waals surface area contributed by atoms with E-state index in [0.717, 1.165) is 29.8 Å². The first kappa shape index (κ1) is 15.3. The quantitative estimate of drug-likeness (QED) is 0.759. The van der Waals surface area contributed by atoms with E-state index >= 15 is 0 Å². The van der Waals surface area contributed by atoms with Gasteiger partial charge in [-0.05, 0) is 30.7 Å². The summed E-state index contributed by atoms with van der Waals surface area (Å²) in [5.41, 5.74) is 1.38. The van der Waals surface area contributed by atoms with Gasteiger partial charge < -0.3 is 25.2 Å². The van der Waals surface area contributed by atoms with Crippen LogP contribution in [0.15, 0.2) is 30.3 Å². The number of hydrogen-bond acceptors (Lipinski definition) is 6. The molecule has 2 aliphatic rings. The van der Waals surface area contributed by atoms with Crippen LogP contribution >= 0.6 is 0 Å². The van der Waals surface area contributed by atoms with Crippen molar-refractivity contribution in [2.24, 2.45) is 0 Å². The number of aromatic nitrogens is 1. The topological polar surface area (TPSA) is 94.9 Å². The Balaban J connectivity index is 1.54. The summed E-state index contributed by atoms with van der Waals surface area (Å²) >= 11 is 0. The van der Waals surface area contributed by atoms with Crippen molar-refractivity contribution >= 4 is 28.3 Å². The molecule has 3 N–H and O–H groups in total. The first-order valence-electron chi connectivity index (χ1n) is 8.06. The molecule has 4 rings (SSSR count). The smallest absolute Gasteiger partial charge is 0.256 e. The molecule has 2 saturated heterocycles. The summed E-state index contributed by atoms with van der Waals surface area (Å²) < 4.78 is 5.14. The third-order valence-corrected chi connectivity index (χ3v) is 4.53. The zero-order valence-corrected chi connectivity index (χ0v) is 13.1. The number of anilines is 2. The Bertz CT molecular complexity index is 778. The van der Waals surface area contributed by atoms with Crippen LogP contribution in [-0.2, 0) is 9.53 Å². The highest BCUT2D eigenvalue weighted by Crippen LogP contribution is 2.24. The lowest BCUT2D eigenvalue weighted by Crippen LogP contribution is -2.39. The predicted molar refractivity (Wildman–Crippen MR) is 89.0 cm³/mol. The van der Waals surface area contributed by atoms with Gasteiger partial charge in [-0.3, -0.25) is 4.79 Å². The highest BCUT2D eigenvalue weighted by atomic mass is 16.5. The summed E-state index contributed by atoms with van der Waals surface area (Å²) in [6.07, 6.45) is -2.11. The highest BCUT2D eigenvalue weighted by Gasteiger charge is 2.39. The number of nitrogens with zero attached hydrogens (tertiary/aromatic N) is 2. The number of carbonyl (C=O) groups excluding carboxylic acids is 1. The van der Waals surface area contributed by atoms with Gasteiger partial charge in [0.2, 0.25) is 0 Å². The van der Waals surface area contributed by atoms with Crippen LogP contribution in [-0.4, -0.2) is 59.1 Å². The molecular weight excluding hydrogens is 310 g/mol. The Labute approximate surface area is 138 Å². The maximum atomic E-state index is 12.2. The van der Waals surface area contributed by atoms with Crippen LogP contribution in [0.5, 0.6) is 0 Å². The number of aliphatic hydroxyl groups is 2. The Morgan fingerprint density at radius 2 is 2.04 bits per heavy atom. The molecule has 0 bridgehead atoms. The lowest BCUT2D eigenvalue weighted by Gasteiger charge is -2.32. The summed E-state index contributed by atoms with van der Waals surface area (Å²) in [6, 6.07) is 9.49. The molecule has 3 unspecified atom stereocenters. The fraction of sp³-hybridized carbons (Fsp3) is 0.412. The van der Waals surface area contributed by atoms with E-state index in [2.05, 4.69) is 15.2 Å². The van der Waals surface area contributed by atoms with E-state index in [1.807, 2.05) is 18.2 Å². The normalized spacial score (nSPS) is 26.4. The van der Waals surface area contributed by atoms with Crippen LogP contribution in [0.1, 0.15) is 6.42 Å². The van der Waals surface area contributed by atoms with Crippen LogP contribution in [0.4, 0.5) is 11.5 Å².